The molecule has 0 bridgehead atoms. The van der Waals surface area contributed by atoms with Crippen LogP contribution in [-0.4, -0.2) is 11.5 Å². The molecule has 52 heavy (non-hydrogen) atoms. The van der Waals surface area contributed by atoms with Crippen LogP contribution in [0.5, 0.6) is 0 Å². The lowest BCUT2D eigenvalue weighted by Crippen LogP contribution is -2.07. The molecular weight excluding hydrogens is 653 g/mol. The summed E-state index contributed by atoms with van der Waals surface area (Å²) in [6, 6.07) is 57.3. The Morgan fingerprint density at radius 3 is 1.92 bits per heavy atom. The molecule has 0 spiro atoms. The summed E-state index contributed by atoms with van der Waals surface area (Å²) in [4.78, 5) is 10.7. The molecular formula is C48H30N2OS. The number of allylic oxidation sites excluding steroid dienone is 3. The van der Waals surface area contributed by atoms with Crippen molar-refractivity contribution in [2.75, 3.05) is 0 Å². The molecule has 244 valence electrons. The van der Waals surface area contributed by atoms with Gasteiger partial charge in [-0.25, -0.2) is 9.98 Å². The third kappa shape index (κ3) is 5.29. The van der Waals surface area contributed by atoms with Gasteiger partial charge >= 0.3 is 0 Å². The molecule has 0 unspecified atom stereocenters. The highest BCUT2D eigenvalue weighted by molar-refractivity contribution is 7.25. The molecule has 4 heteroatoms. The fourth-order valence-corrected chi connectivity index (χ4v) is 8.35. The SMILES string of the molecule is C1=CC(c2ccccc2)=NC(c2ccc(-c3ccc(-c4ccccc4)cc3)c3oc4ccccc4c23)=NC(c2ccc3c(c2)sc2ccccc23)=C1. The maximum absolute atomic E-state index is 6.71. The summed E-state index contributed by atoms with van der Waals surface area (Å²) in [5.41, 5.74) is 10.8. The van der Waals surface area contributed by atoms with Crippen LogP contribution < -0.4 is 0 Å². The van der Waals surface area contributed by atoms with Gasteiger partial charge in [0.1, 0.15) is 11.2 Å². The molecule has 2 aromatic heterocycles. The van der Waals surface area contributed by atoms with Crippen LogP contribution >= 0.6 is 11.3 Å². The minimum Gasteiger partial charge on any atom is -0.455 e. The number of hydrogen-bond donors (Lipinski definition) is 0. The van der Waals surface area contributed by atoms with Crippen LogP contribution in [0, 0.1) is 0 Å². The Morgan fingerprint density at radius 2 is 1.10 bits per heavy atom. The zero-order chi connectivity index (χ0) is 34.4. The van der Waals surface area contributed by atoms with Gasteiger partial charge in [0.25, 0.3) is 0 Å². The Balaban J connectivity index is 1.17. The van der Waals surface area contributed by atoms with Crippen LogP contribution in [0.25, 0.3) is 70.1 Å². The summed E-state index contributed by atoms with van der Waals surface area (Å²) in [6.07, 6.45) is 6.23. The van der Waals surface area contributed by atoms with Gasteiger partial charge in [0, 0.05) is 53.2 Å². The zero-order valence-corrected chi connectivity index (χ0v) is 28.8. The second-order valence-corrected chi connectivity index (χ2v) is 14.0. The minimum absolute atomic E-state index is 0.633. The van der Waals surface area contributed by atoms with E-state index in [9.17, 15) is 0 Å². The monoisotopic (exact) mass is 682 g/mol. The lowest BCUT2D eigenvalue weighted by atomic mass is 9.96. The first-order valence-electron chi connectivity index (χ1n) is 17.4. The van der Waals surface area contributed by atoms with Gasteiger partial charge in [0.2, 0.25) is 0 Å². The quantitative estimate of drug-likeness (QED) is 0.178. The molecule has 3 nitrogen and oxygen atoms in total. The number of fused-ring (bicyclic) bond motifs is 6. The number of furan rings is 1. The second-order valence-electron chi connectivity index (χ2n) is 12.9. The third-order valence-corrected chi connectivity index (χ3v) is 10.9. The molecule has 3 heterocycles. The van der Waals surface area contributed by atoms with Gasteiger partial charge in [0.05, 0.1) is 11.4 Å². The molecule has 0 saturated carbocycles. The van der Waals surface area contributed by atoms with Crippen LogP contribution in [0.2, 0.25) is 0 Å². The van der Waals surface area contributed by atoms with Gasteiger partial charge in [-0.15, -0.1) is 11.3 Å². The smallest absolute Gasteiger partial charge is 0.161 e. The summed E-state index contributed by atoms with van der Waals surface area (Å²) in [6.45, 7) is 0. The Morgan fingerprint density at radius 1 is 0.462 bits per heavy atom. The molecule has 9 aromatic rings. The first-order chi connectivity index (χ1) is 25.8. The lowest BCUT2D eigenvalue weighted by molar-refractivity contribution is 0.670. The summed E-state index contributed by atoms with van der Waals surface area (Å²) >= 11 is 1.81. The Kier molecular flexibility index (Phi) is 7.33. The van der Waals surface area contributed by atoms with Crippen molar-refractivity contribution in [3.05, 3.63) is 199 Å². The van der Waals surface area contributed by atoms with Gasteiger partial charge in [-0.3, -0.25) is 0 Å². The number of amidine groups is 1. The van der Waals surface area contributed by atoms with E-state index in [-0.39, 0.29) is 0 Å². The fourth-order valence-electron chi connectivity index (χ4n) is 7.21. The number of rotatable bonds is 5. The molecule has 0 aliphatic carbocycles. The average Bonchev–Trinajstić information content (AvgIpc) is 3.77. The molecule has 1 aliphatic heterocycles. The Labute approximate surface area is 304 Å². The van der Waals surface area contributed by atoms with Crippen molar-refractivity contribution in [2.24, 2.45) is 9.98 Å². The number of nitrogens with zero attached hydrogens (tertiary/aromatic N) is 2. The molecule has 0 N–H and O–H groups in total. The first-order valence-corrected chi connectivity index (χ1v) is 18.2. The van der Waals surface area contributed by atoms with E-state index < -0.39 is 0 Å². The van der Waals surface area contributed by atoms with Crippen LogP contribution in [0.15, 0.2) is 196 Å². The highest BCUT2D eigenvalue weighted by atomic mass is 32.1. The summed E-state index contributed by atoms with van der Waals surface area (Å²) in [5, 5.41) is 4.58. The van der Waals surface area contributed by atoms with Gasteiger partial charge in [-0.2, -0.15) is 0 Å². The van der Waals surface area contributed by atoms with E-state index in [1.54, 1.807) is 0 Å². The molecule has 7 aromatic carbocycles. The van der Waals surface area contributed by atoms with Crippen molar-refractivity contribution in [2.45, 2.75) is 0 Å². The number of benzene rings is 7. The molecule has 0 radical (unpaired) electrons. The van der Waals surface area contributed by atoms with Crippen molar-refractivity contribution in [1.29, 1.82) is 0 Å². The van der Waals surface area contributed by atoms with Crippen LogP contribution in [0.4, 0.5) is 0 Å². The lowest BCUT2D eigenvalue weighted by Gasteiger charge is -2.13. The summed E-state index contributed by atoms with van der Waals surface area (Å²) < 4.78 is 9.23. The van der Waals surface area contributed by atoms with Crippen molar-refractivity contribution in [3.8, 4) is 22.3 Å². The normalized spacial score (nSPS) is 13.3. The third-order valence-electron chi connectivity index (χ3n) is 9.78. The van der Waals surface area contributed by atoms with Gasteiger partial charge in [0.15, 0.2) is 5.84 Å². The van der Waals surface area contributed by atoms with E-state index >= 15 is 0 Å². The molecule has 0 saturated heterocycles. The molecule has 10 rings (SSSR count). The number of para-hydroxylation sites is 1. The van der Waals surface area contributed by atoms with Gasteiger partial charge in [-0.05, 0) is 59.2 Å². The van der Waals surface area contributed by atoms with Crippen molar-refractivity contribution in [1.82, 2.24) is 0 Å². The maximum Gasteiger partial charge on any atom is 0.161 e. The first kappa shape index (κ1) is 30.2. The van der Waals surface area contributed by atoms with E-state index in [2.05, 4.69) is 146 Å². The Hall–Kier alpha value is -6.62. The fraction of sp³-hybridized carbons (Fsp3) is 0. The van der Waals surface area contributed by atoms with Crippen molar-refractivity contribution < 1.29 is 4.42 Å². The predicted octanol–water partition coefficient (Wildman–Crippen LogP) is 13.1. The maximum atomic E-state index is 6.71. The summed E-state index contributed by atoms with van der Waals surface area (Å²) in [5.74, 6) is 0.633. The van der Waals surface area contributed by atoms with E-state index in [0.717, 1.165) is 61.2 Å². The standard InChI is InChI=1S/C48H30N2OS/c1-3-12-31(13-4-1)32-22-24-33(25-23-32)36-28-29-40(46-39-17-7-9-20-43(39)51-47(36)46)48-49-41(34-14-5-2-6-15-34)18-11-19-42(50-48)35-26-27-38-37-16-8-10-21-44(37)52-45(38)30-35/h1-30H. The minimum atomic E-state index is 0.633. The van der Waals surface area contributed by atoms with Crippen LogP contribution in [0.1, 0.15) is 16.7 Å². The summed E-state index contributed by atoms with van der Waals surface area (Å²) in [7, 11) is 0. The predicted molar refractivity (Wildman–Crippen MR) is 221 cm³/mol. The van der Waals surface area contributed by atoms with E-state index in [1.807, 2.05) is 47.7 Å². The van der Waals surface area contributed by atoms with Crippen LogP contribution in [-0.2, 0) is 0 Å². The number of hydrogen-bond acceptors (Lipinski definition) is 4. The van der Waals surface area contributed by atoms with Crippen molar-refractivity contribution in [3.63, 3.8) is 0 Å². The molecule has 0 atom stereocenters. The largest absolute Gasteiger partial charge is 0.455 e. The highest BCUT2D eigenvalue weighted by Gasteiger charge is 2.21. The second kappa shape index (κ2) is 12.6. The van der Waals surface area contributed by atoms with Crippen molar-refractivity contribution >= 4 is 70.7 Å². The van der Waals surface area contributed by atoms with Gasteiger partial charge < -0.3 is 4.42 Å². The molecule has 1 aliphatic rings. The molecule has 0 amide bonds. The topological polar surface area (TPSA) is 37.9 Å². The Bertz CT molecular complexity index is 2930. The van der Waals surface area contributed by atoms with E-state index in [4.69, 9.17) is 14.4 Å². The molecule has 0 fully saturated rings. The van der Waals surface area contributed by atoms with E-state index in [0.29, 0.717) is 5.84 Å². The van der Waals surface area contributed by atoms with Gasteiger partial charge in [-0.1, -0.05) is 140 Å². The number of thiophene rings is 1. The average molecular weight is 683 g/mol. The zero-order valence-electron chi connectivity index (χ0n) is 28.0. The highest BCUT2D eigenvalue weighted by Crippen LogP contribution is 2.40. The number of aliphatic imine (C=N–C) groups is 2. The van der Waals surface area contributed by atoms with Crippen LogP contribution in [0.3, 0.4) is 0 Å². The van der Waals surface area contributed by atoms with E-state index in [1.165, 1.54) is 31.3 Å².